The molecule has 5 amide bonds. The highest BCUT2D eigenvalue weighted by molar-refractivity contribution is 5.96. The minimum absolute atomic E-state index is 0.0271. The number of hydrogen-bond donors (Lipinski definition) is 1. The predicted octanol–water partition coefficient (Wildman–Crippen LogP) is 12.9. The molecular formula is C76H87F7N8O8. The summed E-state index contributed by atoms with van der Waals surface area (Å²) in [5, 5.41) is 10.4. The Bertz CT molecular complexity index is 3790. The number of likely N-dealkylation sites (N-methyl/N-ethyl adjacent to an activating group) is 2. The smallest absolute Gasteiger partial charge is 0.416 e. The second kappa shape index (κ2) is 31.0. The molecule has 0 bridgehead atoms. The Morgan fingerprint density at radius 1 is 0.636 bits per heavy atom. The number of likely N-dealkylation sites (tertiary alicyclic amines) is 2. The van der Waals surface area contributed by atoms with Crippen LogP contribution in [0, 0.1) is 5.82 Å². The van der Waals surface area contributed by atoms with Crippen LogP contribution in [0.15, 0.2) is 140 Å². The third-order valence-electron chi connectivity index (χ3n) is 20.9. The van der Waals surface area contributed by atoms with Crippen LogP contribution in [0.4, 0.5) is 46.9 Å². The number of para-hydroxylation sites is 1. The summed E-state index contributed by atoms with van der Waals surface area (Å²) in [7, 11) is 5.36. The molecule has 0 aromatic heterocycles. The summed E-state index contributed by atoms with van der Waals surface area (Å²) >= 11 is 0. The Kier molecular flexibility index (Phi) is 22.5. The van der Waals surface area contributed by atoms with E-state index in [9.17, 15) is 59.8 Å². The van der Waals surface area contributed by atoms with Gasteiger partial charge in [0.05, 0.1) is 29.5 Å². The SMILES string of the molecule is CN(CCN1CCC(N(C(=O)O)c2ccccc2-c2ccccc2)CC1)C(=O)CCCCCN1CCc2cc(C(=O)N(C)CCCN(C)C(=O)CO[C@H]3Cc4ccccc4C34CCN(CC[C@]3(c5ccc(F)cc5)CN(C(=O)c5cc(C(F)(F)F)cc(C(F)(F)F)c5)CO3)CC4)ccc21. The Labute approximate surface area is 573 Å². The number of carboxylic acid groups (broad SMARTS) is 1. The lowest BCUT2D eigenvalue weighted by molar-refractivity contribution is -0.143. The van der Waals surface area contributed by atoms with E-state index in [0.717, 1.165) is 91.2 Å². The van der Waals surface area contributed by atoms with Gasteiger partial charge in [-0.15, -0.1) is 0 Å². The Balaban J connectivity index is 0.590. The van der Waals surface area contributed by atoms with Crippen LogP contribution in [0.2, 0.25) is 0 Å². The lowest BCUT2D eigenvalue weighted by Crippen LogP contribution is -2.50. The molecule has 0 unspecified atom stereocenters. The Morgan fingerprint density at radius 2 is 1.29 bits per heavy atom. The predicted molar refractivity (Wildman–Crippen MR) is 363 cm³/mol. The van der Waals surface area contributed by atoms with Crippen molar-refractivity contribution in [2.75, 3.05) is 123 Å². The first kappa shape index (κ1) is 71.9. The number of fused-ring (bicyclic) bond motifs is 3. The van der Waals surface area contributed by atoms with Gasteiger partial charge < -0.3 is 48.9 Å². The Hall–Kier alpha value is -8.38. The molecule has 6 aromatic carbocycles. The quantitative estimate of drug-likeness (QED) is 0.0431. The lowest BCUT2D eigenvalue weighted by Gasteiger charge is -2.44. The zero-order valence-electron chi connectivity index (χ0n) is 56.3. The lowest BCUT2D eigenvalue weighted by atomic mass is 9.72. The van der Waals surface area contributed by atoms with Crippen molar-refractivity contribution in [1.82, 2.24) is 29.4 Å². The largest absolute Gasteiger partial charge is 0.465 e. The molecule has 5 aliphatic rings. The van der Waals surface area contributed by atoms with Crippen LogP contribution in [0.5, 0.6) is 0 Å². The van der Waals surface area contributed by atoms with E-state index in [1.165, 1.54) is 34.7 Å². The molecule has 6 aromatic rings. The van der Waals surface area contributed by atoms with Gasteiger partial charge >= 0.3 is 18.4 Å². The van der Waals surface area contributed by atoms with Crippen molar-refractivity contribution < 1.29 is 69.3 Å². The molecule has 3 fully saturated rings. The van der Waals surface area contributed by atoms with Crippen LogP contribution in [0.1, 0.15) is 118 Å². The minimum atomic E-state index is -5.15. The summed E-state index contributed by atoms with van der Waals surface area (Å²) in [4.78, 5) is 81.8. The van der Waals surface area contributed by atoms with Gasteiger partial charge in [-0.25, -0.2) is 9.18 Å². The van der Waals surface area contributed by atoms with E-state index in [4.69, 9.17) is 9.47 Å². The summed E-state index contributed by atoms with van der Waals surface area (Å²) in [5.74, 6) is -1.77. The van der Waals surface area contributed by atoms with Crippen LogP contribution < -0.4 is 9.80 Å². The zero-order valence-corrected chi connectivity index (χ0v) is 56.3. The van der Waals surface area contributed by atoms with E-state index in [0.29, 0.717) is 113 Å². The van der Waals surface area contributed by atoms with Crippen molar-refractivity contribution in [3.8, 4) is 11.1 Å². The highest BCUT2D eigenvalue weighted by atomic mass is 19.4. The molecule has 528 valence electrons. The number of carbonyl (C=O) groups is 5. The van der Waals surface area contributed by atoms with Crippen molar-refractivity contribution in [3.63, 3.8) is 0 Å². The molecule has 99 heavy (non-hydrogen) atoms. The van der Waals surface area contributed by atoms with Gasteiger partial charge in [-0.3, -0.25) is 24.1 Å². The van der Waals surface area contributed by atoms with E-state index < -0.39 is 64.6 Å². The van der Waals surface area contributed by atoms with E-state index in [-0.39, 0.29) is 55.5 Å². The van der Waals surface area contributed by atoms with Gasteiger partial charge in [0.25, 0.3) is 11.8 Å². The highest BCUT2D eigenvalue weighted by Gasteiger charge is 2.50. The molecule has 1 spiro atoms. The molecule has 3 saturated heterocycles. The molecule has 1 N–H and O–H groups in total. The average molecular weight is 1370 g/mol. The molecule has 2 atom stereocenters. The summed E-state index contributed by atoms with van der Waals surface area (Å²) in [6.07, 6.45) is -3.44. The summed E-state index contributed by atoms with van der Waals surface area (Å²) < 4.78 is 110. The fourth-order valence-electron chi connectivity index (χ4n) is 15.2. The first-order valence-corrected chi connectivity index (χ1v) is 34.3. The number of alkyl halides is 6. The highest BCUT2D eigenvalue weighted by Crippen LogP contribution is 2.49. The monoisotopic (exact) mass is 1370 g/mol. The molecule has 0 saturated carbocycles. The van der Waals surface area contributed by atoms with Gasteiger partial charge in [0.2, 0.25) is 11.8 Å². The maximum atomic E-state index is 14.3. The molecule has 0 radical (unpaired) electrons. The van der Waals surface area contributed by atoms with Gasteiger partial charge in [-0.1, -0.05) is 91.3 Å². The number of nitrogens with zero attached hydrogens (tertiary/aromatic N) is 8. The fourth-order valence-corrected chi connectivity index (χ4v) is 15.2. The van der Waals surface area contributed by atoms with Gasteiger partial charge in [0.15, 0.2) is 0 Å². The van der Waals surface area contributed by atoms with Crippen LogP contribution in [0.3, 0.4) is 0 Å². The van der Waals surface area contributed by atoms with Gasteiger partial charge in [0, 0.05) is 120 Å². The number of benzene rings is 6. The second-order valence-corrected chi connectivity index (χ2v) is 27.2. The number of carbonyl (C=O) groups excluding carboxylic acids is 4. The molecule has 23 heteroatoms. The number of amides is 5. The Morgan fingerprint density at radius 3 is 2.00 bits per heavy atom. The zero-order chi connectivity index (χ0) is 70.2. The fraction of sp³-hybridized carbons (Fsp3) is 0.461. The molecule has 4 aliphatic heterocycles. The van der Waals surface area contributed by atoms with Crippen molar-refractivity contribution >= 4 is 41.1 Å². The van der Waals surface area contributed by atoms with Crippen molar-refractivity contribution in [3.05, 3.63) is 190 Å². The number of halogens is 7. The number of hydrogen-bond acceptors (Lipinski definition) is 10. The van der Waals surface area contributed by atoms with Crippen molar-refractivity contribution in [2.45, 2.75) is 113 Å². The third-order valence-corrected chi connectivity index (χ3v) is 20.9. The van der Waals surface area contributed by atoms with Crippen LogP contribution >= 0.6 is 0 Å². The maximum Gasteiger partial charge on any atom is 0.416 e. The van der Waals surface area contributed by atoms with Crippen LogP contribution in [-0.4, -0.2) is 189 Å². The average Bonchev–Trinajstić information content (AvgIpc) is 1.61. The van der Waals surface area contributed by atoms with Gasteiger partial charge in [-0.05, 0) is 160 Å². The minimum Gasteiger partial charge on any atom is -0.465 e. The maximum absolute atomic E-state index is 14.3. The van der Waals surface area contributed by atoms with E-state index >= 15 is 0 Å². The van der Waals surface area contributed by atoms with E-state index in [2.05, 4.69) is 26.8 Å². The summed E-state index contributed by atoms with van der Waals surface area (Å²) in [6, 6.07) is 37.7. The van der Waals surface area contributed by atoms with Gasteiger partial charge in [-0.2, -0.15) is 26.3 Å². The van der Waals surface area contributed by atoms with E-state index in [1.807, 2.05) is 96.9 Å². The van der Waals surface area contributed by atoms with Gasteiger partial charge in [0.1, 0.15) is 24.8 Å². The first-order valence-electron chi connectivity index (χ1n) is 34.3. The molecular weight excluding hydrogens is 1290 g/mol. The second-order valence-electron chi connectivity index (χ2n) is 27.2. The standard InChI is InChI=1S/C76H87F7N8O8/c1-84(34-14-35-86(3)70(94)56-22-27-65-55(45-56)28-39-89(65)36-13-5-8-21-68(92)85(2)43-44-87-37-29-62(30-38-87)91(72(96)97)66-20-12-10-18-63(66)53-15-6-4-7-16-53)69(93)50-98-67-48-54-17-9-11-19-64(54)73(67)31-40-88(41-32-73)42-33-74(58-23-25-61(77)26-24-58)51-90(52-99-74)71(95)57-46-59(75(78,79)80)49-60(47-57)76(81,82)83/h4,6-7,9-12,15-20,22-27,45-47,49,62,67H,5,8,13-14,21,28-44,48,50-52H2,1-3H3,(H,96,97)/t67-,74+/m0/s1. The van der Waals surface area contributed by atoms with Crippen molar-refractivity contribution in [1.29, 1.82) is 0 Å². The number of anilines is 2. The topological polar surface area (TPSA) is 150 Å². The molecule has 4 heterocycles. The number of piperidine rings is 2. The number of ether oxygens (including phenoxy) is 2. The summed E-state index contributed by atoms with van der Waals surface area (Å²) in [6.45, 7) is 6.23. The van der Waals surface area contributed by atoms with E-state index in [1.54, 1.807) is 23.9 Å². The molecule has 16 nitrogen and oxygen atoms in total. The number of unbranched alkanes of at least 4 members (excludes halogenated alkanes) is 2. The summed E-state index contributed by atoms with van der Waals surface area (Å²) in [5.41, 5.74) is 2.54. The van der Waals surface area contributed by atoms with Crippen LogP contribution in [-0.2, 0) is 55.3 Å². The first-order chi connectivity index (χ1) is 47.4. The molecule has 11 rings (SSSR count). The third kappa shape index (κ3) is 16.8. The van der Waals surface area contributed by atoms with Crippen LogP contribution in [0.25, 0.3) is 11.1 Å². The van der Waals surface area contributed by atoms with Crippen molar-refractivity contribution in [2.24, 2.45) is 0 Å². The molecule has 1 aliphatic carbocycles. The normalized spacial score (nSPS) is 18.7. The number of rotatable bonds is 25.